The normalized spacial score (nSPS) is 28.1. The highest BCUT2D eigenvalue weighted by Gasteiger charge is 2.32. The molecule has 5 heteroatoms. The molecule has 1 aromatic heterocycles. The summed E-state index contributed by atoms with van der Waals surface area (Å²) >= 11 is 0. The van der Waals surface area contributed by atoms with Crippen LogP contribution in [0.4, 0.5) is 0 Å². The molecule has 2 aliphatic rings. The fourth-order valence-electron chi connectivity index (χ4n) is 2.05. The number of aromatic nitrogens is 2. The fraction of sp³-hybridized carbons (Fsp3) is 0.600. The minimum atomic E-state index is -0.223. The van der Waals surface area contributed by atoms with Crippen molar-refractivity contribution in [3.8, 4) is 6.01 Å². The Labute approximate surface area is 86.6 Å². The van der Waals surface area contributed by atoms with Gasteiger partial charge in [-0.15, -0.1) is 0 Å². The van der Waals surface area contributed by atoms with Crippen LogP contribution in [0.5, 0.6) is 6.01 Å². The summed E-state index contributed by atoms with van der Waals surface area (Å²) < 4.78 is 13.0. The third-order valence-electron chi connectivity index (χ3n) is 2.88. The fourth-order valence-corrected chi connectivity index (χ4v) is 2.05. The van der Waals surface area contributed by atoms with Crippen LogP contribution in [0.15, 0.2) is 11.0 Å². The Balaban J connectivity index is 2.14. The van der Waals surface area contributed by atoms with Crippen LogP contribution in [0.25, 0.3) is 0 Å². The van der Waals surface area contributed by atoms with Gasteiger partial charge in [-0.2, -0.15) is 4.98 Å². The average Bonchev–Trinajstić information content (AvgIpc) is 2.60. The Morgan fingerprint density at radius 3 is 3.27 bits per heavy atom. The summed E-state index contributed by atoms with van der Waals surface area (Å²) in [5.74, 6) is 0. The molecule has 2 aliphatic heterocycles. The van der Waals surface area contributed by atoms with Crippen molar-refractivity contribution in [2.75, 3.05) is 6.61 Å². The Morgan fingerprint density at radius 1 is 1.53 bits per heavy atom. The lowest BCUT2D eigenvalue weighted by atomic mass is 10.2. The highest BCUT2D eigenvalue weighted by molar-refractivity contribution is 5.10. The summed E-state index contributed by atoms with van der Waals surface area (Å²) in [6.45, 7) is 2.24. The molecular formula is C10H12N2O3. The van der Waals surface area contributed by atoms with E-state index in [-0.39, 0.29) is 17.9 Å². The summed E-state index contributed by atoms with van der Waals surface area (Å²) in [5.41, 5.74) is 0.398. The summed E-state index contributed by atoms with van der Waals surface area (Å²) in [7, 11) is 0. The maximum absolute atomic E-state index is 11.4. The van der Waals surface area contributed by atoms with Crippen LogP contribution < -0.4 is 10.3 Å². The van der Waals surface area contributed by atoms with Gasteiger partial charge in [-0.05, 0) is 19.8 Å². The van der Waals surface area contributed by atoms with Crippen LogP contribution in [-0.4, -0.2) is 22.3 Å². The first-order valence-electron chi connectivity index (χ1n) is 5.12. The van der Waals surface area contributed by atoms with Gasteiger partial charge in [-0.25, -0.2) is 0 Å². The summed E-state index contributed by atoms with van der Waals surface area (Å²) in [6, 6.07) is 0.387. The standard InChI is InChI=1S/C10H12N2O3/c1-6-4-12-8-3-2-7(15-8)5-14-10(12)11-9(6)13/h4,7-8H,2-3,5H2,1H3. The van der Waals surface area contributed by atoms with Crippen molar-refractivity contribution in [1.29, 1.82) is 0 Å². The van der Waals surface area contributed by atoms with Crippen molar-refractivity contribution in [3.05, 3.63) is 22.1 Å². The Morgan fingerprint density at radius 2 is 2.40 bits per heavy atom. The second-order valence-electron chi connectivity index (χ2n) is 4.02. The monoisotopic (exact) mass is 208 g/mol. The van der Waals surface area contributed by atoms with E-state index in [2.05, 4.69) is 4.98 Å². The molecule has 0 aromatic carbocycles. The van der Waals surface area contributed by atoms with Crippen molar-refractivity contribution in [2.45, 2.75) is 32.1 Å². The maximum Gasteiger partial charge on any atom is 0.301 e. The predicted molar refractivity (Wildman–Crippen MR) is 51.9 cm³/mol. The third-order valence-corrected chi connectivity index (χ3v) is 2.88. The second kappa shape index (κ2) is 3.06. The largest absolute Gasteiger partial charge is 0.462 e. The maximum atomic E-state index is 11.4. The van der Waals surface area contributed by atoms with Crippen molar-refractivity contribution in [1.82, 2.24) is 9.55 Å². The number of nitrogens with zero attached hydrogens (tertiary/aromatic N) is 2. The minimum Gasteiger partial charge on any atom is -0.462 e. The molecule has 0 saturated carbocycles. The van der Waals surface area contributed by atoms with Gasteiger partial charge in [-0.1, -0.05) is 0 Å². The van der Waals surface area contributed by atoms with E-state index in [1.54, 1.807) is 13.1 Å². The van der Waals surface area contributed by atoms with Crippen LogP contribution in [0.3, 0.4) is 0 Å². The first kappa shape index (κ1) is 8.91. The smallest absolute Gasteiger partial charge is 0.301 e. The van der Waals surface area contributed by atoms with E-state index < -0.39 is 0 Å². The molecule has 1 fully saturated rings. The minimum absolute atomic E-state index is 0.0145. The van der Waals surface area contributed by atoms with E-state index in [4.69, 9.17) is 9.47 Å². The van der Waals surface area contributed by atoms with E-state index in [0.717, 1.165) is 12.8 Å². The molecule has 1 saturated heterocycles. The molecule has 2 bridgehead atoms. The lowest BCUT2D eigenvalue weighted by Crippen LogP contribution is -2.20. The molecule has 2 atom stereocenters. The lowest BCUT2D eigenvalue weighted by molar-refractivity contribution is 0.00444. The molecule has 2 unspecified atom stereocenters. The quantitative estimate of drug-likeness (QED) is 0.627. The van der Waals surface area contributed by atoms with Crippen molar-refractivity contribution in [2.24, 2.45) is 0 Å². The summed E-state index contributed by atoms with van der Waals surface area (Å²) in [4.78, 5) is 15.3. The molecule has 3 rings (SSSR count). The Kier molecular flexibility index (Phi) is 1.82. The van der Waals surface area contributed by atoms with Crippen molar-refractivity contribution in [3.63, 3.8) is 0 Å². The van der Waals surface area contributed by atoms with Gasteiger partial charge in [0.1, 0.15) is 12.8 Å². The molecule has 0 spiro atoms. The average molecular weight is 208 g/mol. The number of rotatable bonds is 0. The highest BCUT2D eigenvalue weighted by Crippen LogP contribution is 2.33. The molecule has 0 aliphatic carbocycles. The number of hydrogen-bond acceptors (Lipinski definition) is 4. The summed E-state index contributed by atoms with van der Waals surface area (Å²) in [5, 5.41) is 0. The number of fused-ring (bicyclic) bond motifs is 4. The molecule has 3 heterocycles. The van der Waals surface area contributed by atoms with E-state index >= 15 is 0 Å². The van der Waals surface area contributed by atoms with Gasteiger partial charge in [-0.3, -0.25) is 9.36 Å². The molecule has 0 amide bonds. The highest BCUT2D eigenvalue weighted by atomic mass is 16.6. The first-order chi connectivity index (χ1) is 7.24. The van der Waals surface area contributed by atoms with Gasteiger partial charge in [0.05, 0.1) is 6.10 Å². The van der Waals surface area contributed by atoms with Gasteiger partial charge in [0.2, 0.25) is 0 Å². The molecule has 15 heavy (non-hydrogen) atoms. The molecule has 0 N–H and O–H groups in total. The van der Waals surface area contributed by atoms with E-state index in [9.17, 15) is 4.79 Å². The van der Waals surface area contributed by atoms with Crippen LogP contribution in [0, 0.1) is 6.92 Å². The van der Waals surface area contributed by atoms with Crippen molar-refractivity contribution >= 4 is 0 Å². The lowest BCUT2D eigenvalue weighted by Gasteiger charge is -2.15. The van der Waals surface area contributed by atoms with Gasteiger partial charge in [0.25, 0.3) is 5.56 Å². The van der Waals surface area contributed by atoms with Gasteiger partial charge >= 0.3 is 6.01 Å². The zero-order valence-corrected chi connectivity index (χ0v) is 8.47. The zero-order chi connectivity index (χ0) is 10.4. The van der Waals surface area contributed by atoms with E-state index in [1.165, 1.54) is 0 Å². The van der Waals surface area contributed by atoms with Gasteiger partial charge in [0.15, 0.2) is 0 Å². The number of hydrogen-bond donors (Lipinski definition) is 0. The Hall–Kier alpha value is -1.36. The molecular weight excluding hydrogens is 196 g/mol. The molecule has 0 radical (unpaired) electrons. The number of ether oxygens (including phenoxy) is 2. The van der Waals surface area contributed by atoms with Gasteiger partial charge in [0, 0.05) is 11.8 Å². The van der Waals surface area contributed by atoms with Crippen molar-refractivity contribution < 1.29 is 9.47 Å². The van der Waals surface area contributed by atoms with E-state index in [0.29, 0.717) is 18.2 Å². The second-order valence-corrected chi connectivity index (χ2v) is 4.02. The Bertz CT molecular complexity index is 454. The predicted octanol–water partition coefficient (Wildman–Crippen LogP) is 0.622. The molecule has 5 nitrogen and oxygen atoms in total. The van der Waals surface area contributed by atoms with Crippen LogP contribution >= 0.6 is 0 Å². The van der Waals surface area contributed by atoms with Gasteiger partial charge < -0.3 is 9.47 Å². The van der Waals surface area contributed by atoms with Crippen LogP contribution in [-0.2, 0) is 4.74 Å². The third kappa shape index (κ3) is 1.34. The number of aryl methyl sites for hydroxylation is 1. The van der Waals surface area contributed by atoms with Crippen LogP contribution in [0.2, 0.25) is 0 Å². The van der Waals surface area contributed by atoms with E-state index in [1.807, 2.05) is 4.57 Å². The summed E-state index contributed by atoms with van der Waals surface area (Å²) in [6.07, 6.45) is 3.87. The first-order valence-corrected chi connectivity index (χ1v) is 5.12. The zero-order valence-electron chi connectivity index (χ0n) is 8.47. The SMILES string of the molecule is Cc1cn2c(nc1=O)OCC1CCC2O1. The van der Waals surface area contributed by atoms with Crippen LogP contribution in [0.1, 0.15) is 24.6 Å². The molecule has 1 aromatic rings. The molecule has 80 valence electrons. The topological polar surface area (TPSA) is 53.4 Å².